The number of nitrogens with one attached hydrogen (secondary N) is 1. The van der Waals surface area contributed by atoms with E-state index in [9.17, 15) is 14.7 Å². The molecule has 1 aliphatic rings. The lowest BCUT2D eigenvalue weighted by Gasteiger charge is -2.22. The Bertz CT molecular complexity index is 566. The summed E-state index contributed by atoms with van der Waals surface area (Å²) in [6.07, 6.45) is 4.50. The quantitative estimate of drug-likeness (QED) is 0.645. The molecule has 5 nitrogen and oxygen atoms in total. The lowest BCUT2D eigenvalue weighted by molar-refractivity contribution is -0.145. The summed E-state index contributed by atoms with van der Waals surface area (Å²) in [6.45, 7) is 1.88. The number of hydrogen-bond donors (Lipinski definition) is 2. The Morgan fingerprint density at radius 1 is 1.65 bits per heavy atom. The van der Waals surface area contributed by atoms with E-state index in [0.29, 0.717) is 22.1 Å². The zero-order valence-corrected chi connectivity index (χ0v) is 12.5. The van der Waals surface area contributed by atoms with Gasteiger partial charge in [0.2, 0.25) is 0 Å². The van der Waals surface area contributed by atoms with Gasteiger partial charge in [0, 0.05) is 11.9 Å². The highest BCUT2D eigenvalue weighted by atomic mass is 32.2. The maximum Gasteiger partial charge on any atom is 0.326 e. The van der Waals surface area contributed by atoms with Gasteiger partial charge < -0.3 is 10.1 Å². The Hall–Kier alpha value is -1.60. The molecule has 0 aromatic carbocycles. The van der Waals surface area contributed by atoms with E-state index in [2.05, 4.69) is 4.98 Å². The molecule has 0 aliphatic carbocycles. The Morgan fingerprint density at radius 2 is 2.40 bits per heavy atom. The van der Waals surface area contributed by atoms with Crippen LogP contribution >= 0.6 is 24.0 Å². The fourth-order valence-corrected chi connectivity index (χ4v) is 3.31. The summed E-state index contributed by atoms with van der Waals surface area (Å²) >= 11 is 6.29. The number of thiocarbonyl (C=S) groups is 1. The zero-order valence-electron chi connectivity index (χ0n) is 10.8. The smallest absolute Gasteiger partial charge is 0.326 e. The second-order valence-electron chi connectivity index (χ2n) is 4.32. The van der Waals surface area contributed by atoms with Gasteiger partial charge in [-0.2, -0.15) is 0 Å². The lowest BCUT2D eigenvalue weighted by atomic mass is 10.1. The summed E-state index contributed by atoms with van der Waals surface area (Å²) in [7, 11) is 0. The van der Waals surface area contributed by atoms with E-state index in [1.165, 1.54) is 4.90 Å². The molecule has 1 aliphatic heterocycles. The number of carboxylic acid groups (broad SMARTS) is 1. The maximum atomic E-state index is 12.3. The number of H-pyrrole nitrogens is 1. The molecule has 0 bridgehead atoms. The minimum absolute atomic E-state index is 0.300. The number of amides is 1. The molecule has 2 heterocycles. The van der Waals surface area contributed by atoms with Crippen molar-refractivity contribution in [3.63, 3.8) is 0 Å². The van der Waals surface area contributed by atoms with E-state index in [1.54, 1.807) is 12.3 Å². The van der Waals surface area contributed by atoms with Gasteiger partial charge in [-0.3, -0.25) is 9.69 Å². The molecule has 7 heteroatoms. The minimum Gasteiger partial charge on any atom is -0.480 e. The van der Waals surface area contributed by atoms with Crippen LogP contribution in [0, 0.1) is 0 Å². The highest BCUT2D eigenvalue weighted by Crippen LogP contribution is 2.34. The van der Waals surface area contributed by atoms with Gasteiger partial charge in [0.15, 0.2) is 0 Å². The second-order valence-corrected chi connectivity index (χ2v) is 6.00. The van der Waals surface area contributed by atoms with E-state index in [4.69, 9.17) is 12.2 Å². The summed E-state index contributed by atoms with van der Waals surface area (Å²) < 4.78 is 0.300. The van der Waals surface area contributed by atoms with Gasteiger partial charge >= 0.3 is 5.97 Å². The van der Waals surface area contributed by atoms with Crippen LogP contribution < -0.4 is 0 Å². The predicted molar refractivity (Wildman–Crippen MR) is 82.1 cm³/mol. The van der Waals surface area contributed by atoms with Crippen LogP contribution in [0.1, 0.15) is 25.5 Å². The molecule has 2 rings (SSSR count). The monoisotopic (exact) mass is 310 g/mol. The number of carbonyl (C=O) groups excluding carboxylic acids is 1. The Labute approximate surface area is 126 Å². The number of carbonyl (C=O) groups is 2. The minimum atomic E-state index is -1.02. The summed E-state index contributed by atoms with van der Waals surface area (Å²) in [5.41, 5.74) is 0.785. The molecule has 0 spiro atoms. The lowest BCUT2D eigenvalue weighted by Crippen LogP contribution is -2.43. The van der Waals surface area contributed by atoms with E-state index in [-0.39, 0.29) is 5.91 Å². The SMILES string of the molecule is CCCC(C(=O)O)N1C(=O)/C(=C\c2ccc[nH]2)SC1=S. The van der Waals surface area contributed by atoms with Crippen LogP contribution in [0.2, 0.25) is 0 Å². The highest BCUT2D eigenvalue weighted by molar-refractivity contribution is 8.26. The first-order valence-electron chi connectivity index (χ1n) is 6.18. The number of aromatic amines is 1. The number of carboxylic acids is 1. The number of nitrogens with zero attached hydrogens (tertiary/aromatic N) is 1. The molecule has 1 atom stereocenters. The molecule has 0 radical (unpaired) electrons. The van der Waals surface area contributed by atoms with Crippen LogP contribution in [0.4, 0.5) is 0 Å². The van der Waals surface area contributed by atoms with E-state index in [1.807, 2.05) is 19.1 Å². The molecule has 1 aromatic rings. The van der Waals surface area contributed by atoms with Crippen LogP contribution in [0.25, 0.3) is 6.08 Å². The molecule has 1 amide bonds. The maximum absolute atomic E-state index is 12.3. The Morgan fingerprint density at radius 3 is 2.95 bits per heavy atom. The van der Waals surface area contributed by atoms with Crippen molar-refractivity contribution >= 4 is 46.3 Å². The molecule has 1 saturated heterocycles. The number of aromatic nitrogens is 1. The third-order valence-corrected chi connectivity index (χ3v) is 4.22. The second kappa shape index (κ2) is 6.23. The topological polar surface area (TPSA) is 73.4 Å². The fourth-order valence-electron chi connectivity index (χ4n) is 1.96. The molecular formula is C13H14N2O3S2. The molecule has 0 saturated carbocycles. The van der Waals surface area contributed by atoms with Gasteiger partial charge in [0.1, 0.15) is 10.4 Å². The molecule has 1 unspecified atom stereocenters. The first kappa shape index (κ1) is 14.8. The van der Waals surface area contributed by atoms with E-state index >= 15 is 0 Å². The van der Waals surface area contributed by atoms with Crippen molar-refractivity contribution in [1.82, 2.24) is 9.88 Å². The van der Waals surface area contributed by atoms with Crippen LogP contribution in [0.15, 0.2) is 23.2 Å². The highest BCUT2D eigenvalue weighted by Gasteiger charge is 2.39. The molecule has 2 N–H and O–H groups in total. The summed E-state index contributed by atoms with van der Waals surface area (Å²) in [6, 6.07) is 2.76. The first-order valence-corrected chi connectivity index (χ1v) is 7.40. The first-order chi connectivity index (χ1) is 9.54. The molecule has 1 fully saturated rings. The average Bonchev–Trinajstić information content (AvgIpc) is 2.98. The number of hydrogen-bond acceptors (Lipinski definition) is 4. The van der Waals surface area contributed by atoms with Crippen LogP contribution in [-0.2, 0) is 9.59 Å². The summed E-state index contributed by atoms with van der Waals surface area (Å²) in [5, 5.41) is 9.25. The third-order valence-electron chi connectivity index (χ3n) is 2.89. The molecule has 20 heavy (non-hydrogen) atoms. The normalized spacial score (nSPS) is 18.9. The van der Waals surface area contributed by atoms with Gasteiger partial charge in [0.05, 0.1) is 4.91 Å². The van der Waals surface area contributed by atoms with Gasteiger partial charge in [-0.05, 0) is 24.6 Å². The summed E-state index contributed by atoms with van der Waals surface area (Å²) in [4.78, 5) is 28.3. The zero-order chi connectivity index (χ0) is 14.7. The number of thioether (sulfide) groups is 1. The van der Waals surface area contributed by atoms with Crippen LogP contribution in [-0.4, -0.2) is 37.2 Å². The van der Waals surface area contributed by atoms with Crippen molar-refractivity contribution in [2.75, 3.05) is 0 Å². The molecule has 1 aromatic heterocycles. The Balaban J connectivity index is 2.26. The van der Waals surface area contributed by atoms with Crippen LogP contribution in [0.5, 0.6) is 0 Å². The van der Waals surface area contributed by atoms with Gasteiger partial charge in [0.25, 0.3) is 5.91 Å². The largest absolute Gasteiger partial charge is 0.480 e. The Kier molecular flexibility index (Phi) is 4.61. The van der Waals surface area contributed by atoms with Crippen LogP contribution in [0.3, 0.4) is 0 Å². The average molecular weight is 310 g/mol. The van der Waals surface area contributed by atoms with Crippen molar-refractivity contribution in [2.24, 2.45) is 0 Å². The number of aliphatic carboxylic acids is 1. The number of rotatable bonds is 5. The van der Waals surface area contributed by atoms with Gasteiger partial charge in [-0.15, -0.1) is 0 Å². The van der Waals surface area contributed by atoms with Crippen molar-refractivity contribution in [3.8, 4) is 0 Å². The van der Waals surface area contributed by atoms with Crippen molar-refractivity contribution < 1.29 is 14.7 Å². The van der Waals surface area contributed by atoms with E-state index in [0.717, 1.165) is 17.5 Å². The predicted octanol–water partition coefficient (Wildman–Crippen LogP) is 2.47. The molecule has 106 valence electrons. The van der Waals surface area contributed by atoms with Crippen molar-refractivity contribution in [2.45, 2.75) is 25.8 Å². The van der Waals surface area contributed by atoms with Crippen molar-refractivity contribution in [3.05, 3.63) is 28.9 Å². The summed E-state index contributed by atoms with van der Waals surface area (Å²) in [5.74, 6) is -1.36. The van der Waals surface area contributed by atoms with Gasteiger partial charge in [-0.25, -0.2) is 4.79 Å². The van der Waals surface area contributed by atoms with E-state index < -0.39 is 12.0 Å². The fraction of sp³-hybridized carbons (Fsp3) is 0.308. The third kappa shape index (κ3) is 2.94. The van der Waals surface area contributed by atoms with Crippen molar-refractivity contribution in [1.29, 1.82) is 0 Å². The molecular weight excluding hydrogens is 296 g/mol. The van der Waals surface area contributed by atoms with Gasteiger partial charge in [-0.1, -0.05) is 37.3 Å². The standard InChI is InChI=1S/C13H14N2O3S2/c1-2-4-9(12(17)18)15-11(16)10(20-13(15)19)7-8-5-3-6-14-8/h3,5-7,9,14H,2,4H2,1H3,(H,17,18)/b10-7+.